The van der Waals surface area contributed by atoms with E-state index in [2.05, 4.69) is 17.2 Å². The average Bonchev–Trinajstić information content (AvgIpc) is 3.81. The maximum Gasteiger partial charge on any atom is 0.333 e. The Morgan fingerprint density at radius 3 is 2.40 bits per heavy atom. The third-order valence-corrected chi connectivity index (χ3v) is 12.8. The van der Waals surface area contributed by atoms with Crippen molar-refractivity contribution in [3.63, 3.8) is 0 Å². The fourth-order valence-corrected chi connectivity index (χ4v) is 8.73. The molecule has 360 valence electrons. The van der Waals surface area contributed by atoms with Crippen LogP contribution in [0.1, 0.15) is 133 Å². The van der Waals surface area contributed by atoms with E-state index in [0.717, 1.165) is 16.5 Å². The number of carbonyl (C=O) groups is 7. The molecule has 1 aromatic carbocycles. The molecule has 0 unspecified atom stereocenters. The Hall–Kier alpha value is -6.14. The molecule has 67 heavy (non-hydrogen) atoms. The van der Waals surface area contributed by atoms with Crippen LogP contribution in [0.5, 0.6) is 0 Å². The second kappa shape index (κ2) is 21.7. The lowest BCUT2D eigenvalue weighted by Gasteiger charge is -2.35. The van der Waals surface area contributed by atoms with Crippen LogP contribution in [0, 0.1) is 24.6 Å². The number of nitrogens with zero attached hydrogens (tertiary/aromatic N) is 3. The minimum Gasteiger partial charge on any atom is -0.490 e. The Labute approximate surface area is 387 Å². The van der Waals surface area contributed by atoms with E-state index in [-0.39, 0.29) is 100 Å². The van der Waals surface area contributed by atoms with Crippen LogP contribution in [-0.2, 0) is 73.0 Å². The van der Waals surface area contributed by atoms with E-state index in [1.54, 1.807) is 45.3 Å². The van der Waals surface area contributed by atoms with Crippen molar-refractivity contribution < 1.29 is 57.4 Å². The molecule has 2 aromatic heterocycles. The second-order valence-corrected chi connectivity index (χ2v) is 18.0. The number of hydrogen-bond donors (Lipinski definition) is 3. The van der Waals surface area contributed by atoms with Gasteiger partial charge >= 0.3 is 5.97 Å². The van der Waals surface area contributed by atoms with Gasteiger partial charge in [-0.1, -0.05) is 34.3 Å². The van der Waals surface area contributed by atoms with Crippen LogP contribution in [0.25, 0.3) is 22.3 Å². The number of carbonyl (C=O) groups excluding carboxylic acids is 7. The minimum atomic E-state index is -1.52. The lowest BCUT2D eigenvalue weighted by atomic mass is 9.84. The fourth-order valence-electron chi connectivity index (χ4n) is 8.73. The number of unbranched alkanes of at least 4 members (excludes halogenated alkanes) is 2. The van der Waals surface area contributed by atoms with E-state index >= 15 is 4.39 Å². The third kappa shape index (κ3) is 11.4. The Kier molecular flexibility index (Phi) is 16.3. The Bertz CT molecular complexity index is 2540. The van der Waals surface area contributed by atoms with Crippen molar-refractivity contribution in [3.8, 4) is 11.4 Å². The molecule has 3 aliphatic heterocycles. The Morgan fingerprint density at radius 2 is 1.70 bits per heavy atom. The van der Waals surface area contributed by atoms with Crippen LogP contribution in [-0.4, -0.2) is 80.3 Å². The summed E-state index contributed by atoms with van der Waals surface area (Å²) in [4.78, 5) is 110. The minimum absolute atomic E-state index is 0.00453. The molecule has 4 amide bonds. The van der Waals surface area contributed by atoms with E-state index in [9.17, 15) is 43.5 Å². The summed E-state index contributed by atoms with van der Waals surface area (Å²) >= 11 is 0. The summed E-state index contributed by atoms with van der Waals surface area (Å²) in [5, 5.41) is 18.1. The number of aromatic nitrogens is 2. The molecule has 0 spiro atoms. The second-order valence-electron chi connectivity index (χ2n) is 18.0. The van der Waals surface area contributed by atoms with Gasteiger partial charge in [-0.25, -0.2) is 14.2 Å². The average molecular weight is 930 g/mol. The van der Waals surface area contributed by atoms with Crippen LogP contribution < -0.4 is 16.2 Å². The molecule has 1 fully saturated rings. The molecular formula is C49H60FN5O12. The summed E-state index contributed by atoms with van der Waals surface area (Å²) in [5.41, 5.74) is 2.73. The summed E-state index contributed by atoms with van der Waals surface area (Å²) in [7, 11) is 0. The molecular weight excluding hydrogens is 870 g/mol. The van der Waals surface area contributed by atoms with Gasteiger partial charge in [0.05, 0.1) is 35.1 Å². The van der Waals surface area contributed by atoms with Crippen LogP contribution in [0.2, 0.25) is 0 Å². The number of halogens is 1. The van der Waals surface area contributed by atoms with Crippen molar-refractivity contribution in [2.24, 2.45) is 11.8 Å². The number of amides is 4. The monoisotopic (exact) mass is 929 g/mol. The van der Waals surface area contributed by atoms with Crippen molar-refractivity contribution >= 4 is 52.1 Å². The van der Waals surface area contributed by atoms with Gasteiger partial charge in [-0.15, -0.1) is 5.06 Å². The molecule has 0 bridgehead atoms. The number of aliphatic hydroxyl groups is 1. The zero-order valence-corrected chi connectivity index (χ0v) is 38.8. The van der Waals surface area contributed by atoms with Gasteiger partial charge in [-0.05, 0) is 74.6 Å². The van der Waals surface area contributed by atoms with Crippen molar-refractivity contribution in [2.75, 3.05) is 13.3 Å². The van der Waals surface area contributed by atoms with Gasteiger partial charge in [-0.3, -0.25) is 33.6 Å². The van der Waals surface area contributed by atoms with E-state index in [1.165, 1.54) is 6.07 Å². The molecule has 3 atom stereocenters. The smallest absolute Gasteiger partial charge is 0.333 e. The predicted octanol–water partition coefficient (Wildman–Crippen LogP) is 5.18. The summed E-state index contributed by atoms with van der Waals surface area (Å²) in [6, 6.07) is 4.29. The number of nitrogens with one attached hydrogen (secondary N) is 2. The number of fused-ring (bicyclic) bond motifs is 5. The summed E-state index contributed by atoms with van der Waals surface area (Å²) < 4.78 is 28.3. The summed E-state index contributed by atoms with van der Waals surface area (Å²) in [6.45, 7) is 13.0. The number of Topliss-reactive ketones (excluding diaryl/α,β-unsaturated/α-hetero) is 2. The van der Waals surface area contributed by atoms with E-state index in [1.807, 2.05) is 6.07 Å². The Balaban J connectivity index is 0.907. The Morgan fingerprint density at radius 1 is 0.985 bits per heavy atom. The van der Waals surface area contributed by atoms with E-state index in [4.69, 9.17) is 19.3 Å². The normalized spacial score (nSPS) is 17.2. The highest BCUT2D eigenvalue weighted by molar-refractivity contribution is 6.01. The summed E-state index contributed by atoms with van der Waals surface area (Å²) in [6.07, 6.45) is 2.36. The van der Waals surface area contributed by atoms with Crippen LogP contribution in [0.3, 0.4) is 0 Å². The molecule has 6 rings (SSSR count). The number of rotatable bonds is 23. The molecule has 1 saturated heterocycles. The first-order valence-electron chi connectivity index (χ1n) is 23.0. The number of benzene rings is 1. The van der Waals surface area contributed by atoms with Gasteiger partial charge in [0.15, 0.2) is 5.78 Å². The first-order chi connectivity index (χ1) is 31.8. The maximum absolute atomic E-state index is 15.4. The van der Waals surface area contributed by atoms with Gasteiger partial charge in [0.1, 0.15) is 36.3 Å². The van der Waals surface area contributed by atoms with Gasteiger partial charge in [-0.2, -0.15) is 0 Å². The quantitative estimate of drug-likeness (QED) is 0.0496. The standard InChI is InChI=1S/C49H60FN5O12/c1-7-49(64)30(6)66-25-35-36(49)22-39-46-31(24-54(39)48(35)63)21-34-33(29(5)37(50)23-38(34)52-46)13-10-11-19-65-26-51-47(62)28(4)20-40(57)45(27(2)3)53-41(58)16-15-32(56)12-8-9-14-44(61)67-55-42(59)17-18-43(55)60/h21-23,27-28,45,64H,6-20,24-26H2,1-5H3,(H,51,62)(H,53,58)/t28-,45+,49-/m1/s1. The van der Waals surface area contributed by atoms with Crippen LogP contribution in [0.15, 0.2) is 35.3 Å². The largest absolute Gasteiger partial charge is 0.490 e. The van der Waals surface area contributed by atoms with Gasteiger partial charge in [0.25, 0.3) is 17.4 Å². The third-order valence-electron chi connectivity index (χ3n) is 12.8. The topological polar surface area (TPSA) is 230 Å². The molecule has 3 aliphatic rings. The fraction of sp³-hybridized carbons (Fsp3) is 0.531. The molecule has 0 aliphatic carbocycles. The van der Waals surface area contributed by atoms with Crippen molar-refractivity contribution in [1.82, 2.24) is 25.2 Å². The lowest BCUT2D eigenvalue weighted by molar-refractivity contribution is -0.197. The van der Waals surface area contributed by atoms with Gasteiger partial charge in [0.2, 0.25) is 11.8 Å². The number of imide groups is 1. The SMILES string of the molecule is C=C1OCc2c(cc3n(c2=O)Cc2cc4c(CCCCOCNC(=O)[C@H](C)CC(=O)[C@@H](NC(=O)CCC(=O)CCCCC(=O)ON5C(=O)CCC5=O)C(C)C)c(C)c(F)cc4nc2-3)[C@@]1(O)CC. The highest BCUT2D eigenvalue weighted by Crippen LogP contribution is 2.42. The van der Waals surface area contributed by atoms with E-state index < -0.39 is 53.0 Å². The van der Waals surface area contributed by atoms with Crippen LogP contribution >= 0.6 is 0 Å². The van der Waals surface area contributed by atoms with Crippen LogP contribution in [0.4, 0.5) is 4.39 Å². The van der Waals surface area contributed by atoms with E-state index in [0.29, 0.717) is 77.4 Å². The molecule has 3 aromatic rings. The highest BCUT2D eigenvalue weighted by atomic mass is 19.1. The maximum atomic E-state index is 15.4. The predicted molar refractivity (Wildman–Crippen MR) is 241 cm³/mol. The van der Waals surface area contributed by atoms with Crippen molar-refractivity contribution in [3.05, 3.63) is 74.5 Å². The molecule has 18 heteroatoms. The molecule has 0 saturated carbocycles. The number of ketones is 2. The first kappa shape index (κ1) is 50.3. The molecule has 17 nitrogen and oxygen atoms in total. The number of aryl methyl sites for hydroxylation is 1. The number of ether oxygens (including phenoxy) is 2. The zero-order chi connectivity index (χ0) is 48.7. The highest BCUT2D eigenvalue weighted by Gasteiger charge is 2.41. The number of hydroxylamine groups is 2. The molecule has 5 heterocycles. The van der Waals surface area contributed by atoms with Crippen molar-refractivity contribution in [2.45, 2.75) is 143 Å². The molecule has 3 N–H and O–H groups in total. The lowest BCUT2D eigenvalue weighted by Crippen LogP contribution is -2.45. The zero-order valence-electron chi connectivity index (χ0n) is 38.8. The number of hydrogen-bond acceptors (Lipinski definition) is 13. The molecule has 0 radical (unpaired) electrons. The first-order valence-corrected chi connectivity index (χ1v) is 23.0. The van der Waals surface area contributed by atoms with Crippen molar-refractivity contribution in [1.29, 1.82) is 0 Å². The summed E-state index contributed by atoms with van der Waals surface area (Å²) in [5.74, 6) is -4.49. The number of pyridine rings is 2. The van der Waals surface area contributed by atoms with Gasteiger partial charge in [0, 0.05) is 80.1 Å². The van der Waals surface area contributed by atoms with Gasteiger partial charge < -0.3 is 34.6 Å².